The van der Waals surface area contributed by atoms with Gasteiger partial charge < -0.3 is 9.47 Å². The fourth-order valence-electron chi connectivity index (χ4n) is 3.33. The second kappa shape index (κ2) is 7.10. The van der Waals surface area contributed by atoms with Gasteiger partial charge in [-0.2, -0.15) is 5.10 Å². The van der Waals surface area contributed by atoms with Crippen molar-refractivity contribution in [2.24, 2.45) is 7.05 Å². The molecule has 124 valence electrons. The Morgan fingerprint density at radius 2 is 2.26 bits per heavy atom. The number of pyridine rings is 1. The standard InChI is InChI=1S/C17H24N4O2/c1-4-23-12-15-11-21(10-14-8-19-20(2)16(14)15)9-13-6-5-7-18-17(13)22-3/h5-8,15H,4,9-12H2,1-3H3/t15-/m0/s1. The van der Waals surface area contributed by atoms with Crippen molar-refractivity contribution < 1.29 is 9.47 Å². The molecule has 1 aliphatic heterocycles. The molecule has 1 atom stereocenters. The Bertz CT molecular complexity index is 656. The number of hydrogen-bond acceptors (Lipinski definition) is 5. The Morgan fingerprint density at radius 3 is 3.04 bits per heavy atom. The van der Waals surface area contributed by atoms with Crippen LogP contribution >= 0.6 is 0 Å². The van der Waals surface area contributed by atoms with Crippen molar-refractivity contribution in [3.63, 3.8) is 0 Å². The minimum absolute atomic E-state index is 0.342. The fourth-order valence-corrected chi connectivity index (χ4v) is 3.33. The van der Waals surface area contributed by atoms with Crippen LogP contribution in [0.25, 0.3) is 0 Å². The quantitative estimate of drug-likeness (QED) is 0.815. The molecule has 6 nitrogen and oxygen atoms in total. The van der Waals surface area contributed by atoms with E-state index in [-0.39, 0.29) is 0 Å². The van der Waals surface area contributed by atoms with Crippen molar-refractivity contribution in [1.29, 1.82) is 0 Å². The van der Waals surface area contributed by atoms with Crippen LogP contribution in [0.5, 0.6) is 5.88 Å². The first-order chi connectivity index (χ1) is 11.2. The number of hydrogen-bond donors (Lipinski definition) is 0. The molecule has 0 saturated heterocycles. The van der Waals surface area contributed by atoms with E-state index in [1.807, 2.05) is 30.9 Å². The Labute approximate surface area is 137 Å². The van der Waals surface area contributed by atoms with Crippen LogP contribution in [0.4, 0.5) is 0 Å². The molecule has 0 amide bonds. The molecule has 0 fully saturated rings. The Hall–Kier alpha value is -1.92. The summed E-state index contributed by atoms with van der Waals surface area (Å²) in [6, 6.07) is 4.02. The molecule has 0 N–H and O–H groups in total. The maximum atomic E-state index is 5.69. The molecule has 0 radical (unpaired) electrons. The zero-order chi connectivity index (χ0) is 16.2. The largest absolute Gasteiger partial charge is 0.481 e. The lowest BCUT2D eigenvalue weighted by atomic mass is 9.96. The number of methoxy groups -OCH3 is 1. The molecular weight excluding hydrogens is 292 g/mol. The third kappa shape index (κ3) is 3.38. The molecule has 0 aliphatic carbocycles. The topological polar surface area (TPSA) is 52.4 Å². The van der Waals surface area contributed by atoms with Crippen molar-refractivity contribution in [2.75, 3.05) is 26.9 Å². The monoisotopic (exact) mass is 316 g/mol. The summed E-state index contributed by atoms with van der Waals surface area (Å²) >= 11 is 0. The number of fused-ring (bicyclic) bond motifs is 1. The molecule has 0 bridgehead atoms. The Morgan fingerprint density at radius 1 is 1.39 bits per heavy atom. The predicted molar refractivity (Wildman–Crippen MR) is 87.3 cm³/mol. The predicted octanol–water partition coefficient (Wildman–Crippen LogP) is 1.96. The van der Waals surface area contributed by atoms with Crippen LogP contribution < -0.4 is 4.74 Å². The molecule has 6 heteroatoms. The highest BCUT2D eigenvalue weighted by atomic mass is 16.5. The second-order valence-electron chi connectivity index (χ2n) is 5.88. The van der Waals surface area contributed by atoms with Crippen LogP contribution in [-0.2, 0) is 24.9 Å². The molecule has 0 unspecified atom stereocenters. The van der Waals surface area contributed by atoms with Gasteiger partial charge in [-0.1, -0.05) is 6.07 Å². The van der Waals surface area contributed by atoms with Crippen LogP contribution in [0.15, 0.2) is 24.5 Å². The molecule has 2 aromatic heterocycles. The molecule has 0 spiro atoms. The van der Waals surface area contributed by atoms with Crippen molar-refractivity contribution in [3.8, 4) is 5.88 Å². The summed E-state index contributed by atoms with van der Waals surface area (Å²) in [5, 5.41) is 4.43. The number of aryl methyl sites for hydroxylation is 1. The summed E-state index contributed by atoms with van der Waals surface area (Å²) in [6.45, 7) is 6.15. The van der Waals surface area contributed by atoms with E-state index in [4.69, 9.17) is 9.47 Å². The van der Waals surface area contributed by atoms with Crippen LogP contribution in [-0.4, -0.2) is 46.5 Å². The second-order valence-corrected chi connectivity index (χ2v) is 5.88. The third-order valence-corrected chi connectivity index (χ3v) is 4.28. The average Bonchev–Trinajstić information content (AvgIpc) is 2.94. The molecule has 1 aliphatic rings. The van der Waals surface area contributed by atoms with Gasteiger partial charge in [0.15, 0.2) is 0 Å². The van der Waals surface area contributed by atoms with E-state index in [1.165, 1.54) is 11.3 Å². The molecular formula is C17H24N4O2. The van der Waals surface area contributed by atoms with E-state index < -0.39 is 0 Å². The summed E-state index contributed by atoms with van der Waals surface area (Å²) in [4.78, 5) is 6.70. The number of aromatic nitrogens is 3. The lowest BCUT2D eigenvalue weighted by Crippen LogP contribution is -2.35. The van der Waals surface area contributed by atoms with Gasteiger partial charge in [0.25, 0.3) is 0 Å². The van der Waals surface area contributed by atoms with Crippen LogP contribution in [0.1, 0.15) is 29.7 Å². The first-order valence-corrected chi connectivity index (χ1v) is 8.01. The normalized spacial score (nSPS) is 18.0. The third-order valence-electron chi connectivity index (χ3n) is 4.28. The molecule has 0 aromatic carbocycles. The maximum Gasteiger partial charge on any atom is 0.217 e. The summed E-state index contributed by atoms with van der Waals surface area (Å²) in [5.41, 5.74) is 3.69. The van der Waals surface area contributed by atoms with Gasteiger partial charge in [0.05, 0.1) is 19.9 Å². The molecule has 2 aromatic rings. The van der Waals surface area contributed by atoms with Crippen molar-refractivity contribution in [3.05, 3.63) is 41.3 Å². The lowest BCUT2D eigenvalue weighted by Gasteiger charge is -2.33. The van der Waals surface area contributed by atoms with Crippen molar-refractivity contribution in [1.82, 2.24) is 19.7 Å². The van der Waals surface area contributed by atoms with Gasteiger partial charge in [0.2, 0.25) is 5.88 Å². The van der Waals surface area contributed by atoms with Gasteiger partial charge in [0, 0.05) is 62.2 Å². The number of rotatable bonds is 6. The lowest BCUT2D eigenvalue weighted by molar-refractivity contribution is 0.102. The zero-order valence-electron chi connectivity index (χ0n) is 14.0. The van der Waals surface area contributed by atoms with Gasteiger partial charge in [0.1, 0.15) is 0 Å². The van der Waals surface area contributed by atoms with Gasteiger partial charge in [-0.15, -0.1) is 0 Å². The van der Waals surface area contributed by atoms with E-state index in [1.54, 1.807) is 13.3 Å². The van der Waals surface area contributed by atoms with Crippen molar-refractivity contribution >= 4 is 0 Å². The van der Waals surface area contributed by atoms with E-state index >= 15 is 0 Å². The van der Waals surface area contributed by atoms with E-state index in [0.29, 0.717) is 11.8 Å². The molecule has 3 rings (SSSR count). The highest BCUT2D eigenvalue weighted by Crippen LogP contribution is 2.30. The SMILES string of the molecule is CCOC[C@@H]1CN(Cc2cccnc2OC)Cc2cnn(C)c21. The summed E-state index contributed by atoms with van der Waals surface area (Å²) in [6.07, 6.45) is 3.73. The highest BCUT2D eigenvalue weighted by molar-refractivity contribution is 5.28. The van der Waals surface area contributed by atoms with E-state index in [9.17, 15) is 0 Å². The molecule has 0 saturated carbocycles. The first-order valence-electron chi connectivity index (χ1n) is 8.01. The minimum Gasteiger partial charge on any atom is -0.481 e. The zero-order valence-corrected chi connectivity index (χ0v) is 14.0. The van der Waals surface area contributed by atoms with Gasteiger partial charge in [-0.05, 0) is 13.0 Å². The Balaban J connectivity index is 1.79. The van der Waals surface area contributed by atoms with Crippen LogP contribution in [0.3, 0.4) is 0 Å². The Kier molecular flexibility index (Phi) is 4.93. The number of ether oxygens (including phenoxy) is 2. The fraction of sp³-hybridized carbons (Fsp3) is 0.529. The van der Waals surface area contributed by atoms with Crippen LogP contribution in [0, 0.1) is 0 Å². The summed E-state index contributed by atoms with van der Waals surface area (Å²) < 4.78 is 13.1. The highest BCUT2D eigenvalue weighted by Gasteiger charge is 2.29. The van der Waals surface area contributed by atoms with Gasteiger partial charge >= 0.3 is 0 Å². The van der Waals surface area contributed by atoms with Crippen molar-refractivity contribution in [2.45, 2.75) is 25.9 Å². The van der Waals surface area contributed by atoms with E-state index in [0.717, 1.165) is 38.4 Å². The van der Waals surface area contributed by atoms with Gasteiger partial charge in [-0.3, -0.25) is 9.58 Å². The molecule has 3 heterocycles. The summed E-state index contributed by atoms with van der Waals surface area (Å²) in [7, 11) is 3.68. The molecule has 23 heavy (non-hydrogen) atoms. The smallest absolute Gasteiger partial charge is 0.217 e. The number of nitrogens with zero attached hydrogens (tertiary/aromatic N) is 4. The first kappa shape index (κ1) is 16.0. The van der Waals surface area contributed by atoms with Gasteiger partial charge in [-0.25, -0.2) is 4.98 Å². The average molecular weight is 316 g/mol. The summed E-state index contributed by atoms with van der Waals surface area (Å²) in [5.74, 6) is 1.04. The minimum atomic E-state index is 0.342. The van der Waals surface area contributed by atoms with Crippen LogP contribution in [0.2, 0.25) is 0 Å². The van der Waals surface area contributed by atoms with E-state index in [2.05, 4.69) is 21.0 Å². The maximum absolute atomic E-state index is 5.69.